The standard InChI is InChI=1S/C16H22N2O/c19-15(18-10-4-5-11-18)12-17-16(14-8-9-14)13-6-2-1-3-7-13/h1-3,6-7,14,16-17H,4-5,8-12H2. The summed E-state index contributed by atoms with van der Waals surface area (Å²) in [7, 11) is 0. The monoisotopic (exact) mass is 258 g/mol. The molecule has 0 bridgehead atoms. The summed E-state index contributed by atoms with van der Waals surface area (Å²) in [5, 5.41) is 3.48. The van der Waals surface area contributed by atoms with Crippen LogP contribution in [0.25, 0.3) is 0 Å². The quantitative estimate of drug-likeness (QED) is 0.879. The summed E-state index contributed by atoms with van der Waals surface area (Å²) in [4.78, 5) is 14.1. The van der Waals surface area contributed by atoms with Gasteiger partial charge in [0.2, 0.25) is 5.91 Å². The molecule has 3 rings (SSSR count). The molecule has 1 amide bonds. The summed E-state index contributed by atoms with van der Waals surface area (Å²) in [6.45, 7) is 2.37. The van der Waals surface area contributed by atoms with Crippen molar-refractivity contribution in [2.45, 2.75) is 31.7 Å². The molecule has 1 saturated carbocycles. The summed E-state index contributed by atoms with van der Waals surface area (Å²) >= 11 is 0. The second-order valence-electron chi connectivity index (χ2n) is 5.69. The van der Waals surface area contributed by atoms with Gasteiger partial charge in [-0.25, -0.2) is 0 Å². The first-order valence-electron chi connectivity index (χ1n) is 7.41. The Kier molecular flexibility index (Phi) is 3.83. The van der Waals surface area contributed by atoms with Crippen molar-refractivity contribution in [3.8, 4) is 0 Å². The predicted molar refractivity (Wildman–Crippen MR) is 75.7 cm³/mol. The lowest BCUT2D eigenvalue weighted by atomic mass is 10.0. The molecular formula is C16H22N2O. The molecule has 3 nitrogen and oxygen atoms in total. The van der Waals surface area contributed by atoms with Gasteiger partial charge in [-0.05, 0) is 37.2 Å². The lowest BCUT2D eigenvalue weighted by Gasteiger charge is -2.21. The molecule has 1 atom stereocenters. The molecule has 102 valence electrons. The number of nitrogens with one attached hydrogen (secondary N) is 1. The van der Waals surface area contributed by atoms with Crippen LogP contribution in [0, 0.1) is 5.92 Å². The number of hydrogen-bond donors (Lipinski definition) is 1. The summed E-state index contributed by atoms with van der Waals surface area (Å²) in [5.41, 5.74) is 1.32. The van der Waals surface area contributed by atoms with Crippen LogP contribution < -0.4 is 5.32 Å². The minimum atomic E-state index is 0.263. The fourth-order valence-electron chi connectivity index (χ4n) is 2.92. The molecule has 1 aromatic rings. The van der Waals surface area contributed by atoms with Crippen LogP contribution in [0.1, 0.15) is 37.3 Å². The van der Waals surface area contributed by atoms with Gasteiger partial charge in [-0.3, -0.25) is 4.79 Å². The van der Waals surface area contributed by atoms with Gasteiger partial charge >= 0.3 is 0 Å². The summed E-state index contributed by atoms with van der Waals surface area (Å²) in [5.74, 6) is 0.979. The highest BCUT2D eigenvalue weighted by molar-refractivity contribution is 5.78. The van der Waals surface area contributed by atoms with Crippen LogP contribution in [0.5, 0.6) is 0 Å². The topological polar surface area (TPSA) is 32.3 Å². The van der Waals surface area contributed by atoms with Gasteiger partial charge in [0.15, 0.2) is 0 Å². The van der Waals surface area contributed by atoms with Gasteiger partial charge in [-0.2, -0.15) is 0 Å². The lowest BCUT2D eigenvalue weighted by molar-refractivity contribution is -0.129. The molecule has 2 fully saturated rings. The maximum atomic E-state index is 12.1. The molecule has 1 N–H and O–H groups in total. The van der Waals surface area contributed by atoms with Gasteiger partial charge in [0.25, 0.3) is 0 Å². The number of hydrogen-bond acceptors (Lipinski definition) is 2. The van der Waals surface area contributed by atoms with E-state index in [9.17, 15) is 4.79 Å². The molecule has 1 unspecified atom stereocenters. The number of benzene rings is 1. The highest BCUT2D eigenvalue weighted by Crippen LogP contribution is 2.40. The average molecular weight is 258 g/mol. The fourth-order valence-corrected chi connectivity index (χ4v) is 2.92. The van der Waals surface area contributed by atoms with E-state index in [1.165, 1.54) is 18.4 Å². The van der Waals surface area contributed by atoms with Crippen molar-refractivity contribution in [1.29, 1.82) is 0 Å². The smallest absolute Gasteiger partial charge is 0.236 e. The van der Waals surface area contributed by atoms with Gasteiger partial charge in [-0.15, -0.1) is 0 Å². The van der Waals surface area contributed by atoms with Crippen LogP contribution >= 0.6 is 0 Å². The van der Waals surface area contributed by atoms with Crippen molar-refractivity contribution in [2.24, 2.45) is 5.92 Å². The van der Waals surface area contributed by atoms with E-state index in [0.717, 1.165) is 25.9 Å². The van der Waals surface area contributed by atoms with Crippen LogP contribution in [-0.4, -0.2) is 30.4 Å². The Bertz CT molecular complexity index is 422. The van der Waals surface area contributed by atoms with Crippen molar-refractivity contribution < 1.29 is 4.79 Å². The summed E-state index contributed by atoms with van der Waals surface area (Å²) in [6, 6.07) is 10.9. The Balaban J connectivity index is 1.58. The molecule has 19 heavy (non-hydrogen) atoms. The van der Waals surface area contributed by atoms with Crippen molar-refractivity contribution in [3.63, 3.8) is 0 Å². The Morgan fingerprint density at radius 1 is 1.21 bits per heavy atom. The molecule has 3 heteroatoms. The van der Waals surface area contributed by atoms with Gasteiger partial charge in [-0.1, -0.05) is 30.3 Å². The van der Waals surface area contributed by atoms with Crippen LogP contribution in [-0.2, 0) is 4.79 Å². The van der Waals surface area contributed by atoms with Gasteiger partial charge < -0.3 is 10.2 Å². The predicted octanol–water partition coefficient (Wildman–Crippen LogP) is 2.35. The van der Waals surface area contributed by atoms with Crippen molar-refractivity contribution in [1.82, 2.24) is 10.2 Å². The summed E-state index contributed by atoms with van der Waals surface area (Å²) < 4.78 is 0. The minimum absolute atomic E-state index is 0.263. The van der Waals surface area contributed by atoms with E-state index in [1.54, 1.807) is 0 Å². The number of amides is 1. The van der Waals surface area contributed by atoms with E-state index in [4.69, 9.17) is 0 Å². The second kappa shape index (κ2) is 5.74. The van der Waals surface area contributed by atoms with Crippen molar-refractivity contribution in [2.75, 3.05) is 19.6 Å². The van der Waals surface area contributed by atoms with Gasteiger partial charge in [0.1, 0.15) is 0 Å². The fraction of sp³-hybridized carbons (Fsp3) is 0.562. The lowest BCUT2D eigenvalue weighted by Crippen LogP contribution is -2.38. The molecule has 0 radical (unpaired) electrons. The third-order valence-electron chi connectivity index (χ3n) is 4.18. The normalized spacial score (nSPS) is 20.5. The van der Waals surface area contributed by atoms with Crippen LogP contribution in [0.3, 0.4) is 0 Å². The van der Waals surface area contributed by atoms with Crippen molar-refractivity contribution >= 4 is 5.91 Å². The van der Waals surface area contributed by atoms with Gasteiger partial charge in [0.05, 0.1) is 6.54 Å². The van der Waals surface area contributed by atoms with E-state index in [0.29, 0.717) is 18.5 Å². The highest BCUT2D eigenvalue weighted by Gasteiger charge is 2.32. The maximum Gasteiger partial charge on any atom is 0.236 e. The Morgan fingerprint density at radius 2 is 1.89 bits per heavy atom. The highest BCUT2D eigenvalue weighted by atomic mass is 16.2. The molecule has 1 saturated heterocycles. The number of likely N-dealkylation sites (tertiary alicyclic amines) is 1. The second-order valence-corrected chi connectivity index (χ2v) is 5.69. The zero-order chi connectivity index (χ0) is 13.1. The molecule has 0 spiro atoms. The van der Waals surface area contributed by atoms with E-state index < -0.39 is 0 Å². The number of carbonyl (C=O) groups excluding carboxylic acids is 1. The average Bonchev–Trinajstić information content (AvgIpc) is 3.13. The van der Waals surface area contributed by atoms with Crippen LogP contribution in [0.15, 0.2) is 30.3 Å². The molecular weight excluding hydrogens is 236 g/mol. The zero-order valence-electron chi connectivity index (χ0n) is 11.3. The largest absolute Gasteiger partial charge is 0.342 e. The Hall–Kier alpha value is -1.35. The zero-order valence-corrected chi connectivity index (χ0v) is 11.3. The Labute approximate surface area is 115 Å². The molecule has 0 aromatic heterocycles. The molecule has 1 aliphatic carbocycles. The Morgan fingerprint density at radius 3 is 2.53 bits per heavy atom. The molecule has 2 aliphatic rings. The third kappa shape index (κ3) is 3.16. The SMILES string of the molecule is O=C(CNC(c1ccccc1)C1CC1)N1CCCC1. The van der Waals surface area contributed by atoms with Crippen LogP contribution in [0.2, 0.25) is 0 Å². The van der Waals surface area contributed by atoms with Gasteiger partial charge in [0, 0.05) is 19.1 Å². The van der Waals surface area contributed by atoms with Crippen molar-refractivity contribution in [3.05, 3.63) is 35.9 Å². The van der Waals surface area contributed by atoms with E-state index in [1.807, 2.05) is 11.0 Å². The molecule has 1 heterocycles. The van der Waals surface area contributed by atoms with Crippen LogP contribution in [0.4, 0.5) is 0 Å². The van der Waals surface area contributed by atoms with E-state index >= 15 is 0 Å². The molecule has 1 aromatic carbocycles. The number of rotatable bonds is 5. The first-order chi connectivity index (χ1) is 9.34. The minimum Gasteiger partial charge on any atom is -0.342 e. The molecule has 1 aliphatic heterocycles. The third-order valence-corrected chi connectivity index (χ3v) is 4.18. The van der Waals surface area contributed by atoms with E-state index in [2.05, 4.69) is 29.6 Å². The number of nitrogens with zero attached hydrogens (tertiary/aromatic N) is 1. The first-order valence-corrected chi connectivity index (χ1v) is 7.41. The maximum absolute atomic E-state index is 12.1. The first kappa shape index (κ1) is 12.7. The van der Waals surface area contributed by atoms with E-state index in [-0.39, 0.29) is 5.91 Å². The summed E-state index contributed by atoms with van der Waals surface area (Å²) in [6.07, 6.45) is 4.89. The number of carbonyl (C=O) groups is 1.